The Hall–Kier alpha value is -2.06. The van der Waals surface area contributed by atoms with E-state index >= 15 is 0 Å². The van der Waals surface area contributed by atoms with Gasteiger partial charge < -0.3 is 4.90 Å². The van der Waals surface area contributed by atoms with Crippen LogP contribution in [-0.2, 0) is 0 Å². The molecule has 0 radical (unpaired) electrons. The standard InChI is InChI=1S/C21H27ClN2/c1-6-9-13-24(5)16-21(19(10-7-2)14-17(4)22)20-11-12-23-15-18(20)8-3/h7-8,10-12,14-16H,2-3,6,9,13H2,1,4-5H3/b17-14+,19-10+,21-16-. The van der Waals surface area contributed by atoms with Gasteiger partial charge in [0, 0.05) is 48.4 Å². The maximum absolute atomic E-state index is 6.15. The van der Waals surface area contributed by atoms with Crippen LogP contribution in [0.25, 0.3) is 11.6 Å². The number of allylic oxidation sites excluding steroid dienone is 6. The van der Waals surface area contributed by atoms with E-state index in [-0.39, 0.29) is 0 Å². The van der Waals surface area contributed by atoms with Crippen LogP contribution in [0.3, 0.4) is 0 Å². The van der Waals surface area contributed by atoms with Crippen LogP contribution in [0.1, 0.15) is 37.8 Å². The summed E-state index contributed by atoms with van der Waals surface area (Å²) < 4.78 is 0. The smallest absolute Gasteiger partial charge is 0.0346 e. The second-order valence-corrected chi connectivity index (χ2v) is 6.23. The number of rotatable bonds is 9. The van der Waals surface area contributed by atoms with Gasteiger partial charge in [-0.2, -0.15) is 0 Å². The van der Waals surface area contributed by atoms with E-state index in [1.54, 1.807) is 12.3 Å². The molecule has 0 bridgehead atoms. The highest BCUT2D eigenvalue weighted by molar-refractivity contribution is 6.29. The van der Waals surface area contributed by atoms with E-state index in [2.05, 4.69) is 43.2 Å². The number of hydrogen-bond acceptors (Lipinski definition) is 2. The Morgan fingerprint density at radius 3 is 2.71 bits per heavy atom. The van der Waals surface area contributed by atoms with Gasteiger partial charge in [0.25, 0.3) is 0 Å². The molecule has 0 spiro atoms. The highest BCUT2D eigenvalue weighted by Gasteiger charge is 2.11. The van der Waals surface area contributed by atoms with Crippen LogP contribution in [0.5, 0.6) is 0 Å². The molecule has 0 aliphatic heterocycles. The Morgan fingerprint density at radius 1 is 1.38 bits per heavy atom. The molecule has 128 valence electrons. The second kappa shape index (κ2) is 10.7. The molecule has 0 aliphatic rings. The van der Waals surface area contributed by atoms with Gasteiger partial charge in [-0.25, -0.2) is 0 Å². The molecule has 1 aromatic heterocycles. The molecule has 0 amide bonds. The van der Waals surface area contributed by atoms with E-state index in [1.165, 1.54) is 0 Å². The molecular formula is C21H27ClN2. The van der Waals surface area contributed by atoms with Gasteiger partial charge in [0.15, 0.2) is 0 Å². The molecule has 0 unspecified atom stereocenters. The van der Waals surface area contributed by atoms with Crippen LogP contribution in [0.15, 0.2) is 66.7 Å². The van der Waals surface area contributed by atoms with E-state index < -0.39 is 0 Å². The summed E-state index contributed by atoms with van der Waals surface area (Å²) >= 11 is 6.15. The molecule has 0 aromatic carbocycles. The number of halogens is 1. The van der Waals surface area contributed by atoms with Crippen LogP contribution in [0.2, 0.25) is 0 Å². The van der Waals surface area contributed by atoms with Gasteiger partial charge in [0.2, 0.25) is 0 Å². The summed E-state index contributed by atoms with van der Waals surface area (Å²) in [6.07, 6.45) is 15.6. The lowest BCUT2D eigenvalue weighted by molar-refractivity contribution is 0.443. The molecule has 0 saturated heterocycles. The molecule has 24 heavy (non-hydrogen) atoms. The number of aromatic nitrogens is 1. The zero-order valence-electron chi connectivity index (χ0n) is 14.9. The predicted molar refractivity (Wildman–Crippen MR) is 108 cm³/mol. The van der Waals surface area contributed by atoms with Gasteiger partial charge in [0.05, 0.1) is 0 Å². The minimum atomic E-state index is 0.722. The Kier molecular flexibility index (Phi) is 8.88. The molecule has 1 aromatic rings. The highest BCUT2D eigenvalue weighted by atomic mass is 35.5. The zero-order valence-corrected chi connectivity index (χ0v) is 15.7. The molecule has 1 heterocycles. The fourth-order valence-electron chi connectivity index (χ4n) is 2.36. The Labute approximate surface area is 151 Å². The van der Waals surface area contributed by atoms with Crippen molar-refractivity contribution in [3.8, 4) is 0 Å². The SMILES string of the molecule is C=C/C=C(\C=C(/C)Cl)C(=C/N(C)CCCC)/c1ccncc1C=C. The van der Waals surface area contributed by atoms with Crippen molar-refractivity contribution < 1.29 is 0 Å². The molecular weight excluding hydrogens is 316 g/mol. The fourth-order valence-corrected chi connectivity index (χ4v) is 2.48. The van der Waals surface area contributed by atoms with Crippen molar-refractivity contribution >= 4 is 23.3 Å². The van der Waals surface area contributed by atoms with Gasteiger partial charge >= 0.3 is 0 Å². The lowest BCUT2D eigenvalue weighted by atomic mass is 9.94. The average Bonchev–Trinajstić information content (AvgIpc) is 2.57. The number of pyridine rings is 1. The van der Waals surface area contributed by atoms with E-state index in [1.807, 2.05) is 37.4 Å². The topological polar surface area (TPSA) is 16.1 Å². The maximum Gasteiger partial charge on any atom is 0.0346 e. The third-order valence-corrected chi connectivity index (χ3v) is 3.65. The summed E-state index contributed by atoms with van der Waals surface area (Å²) in [4.78, 5) is 6.41. The normalized spacial score (nSPS) is 12.9. The van der Waals surface area contributed by atoms with E-state index in [0.717, 1.165) is 46.7 Å². The maximum atomic E-state index is 6.15. The lowest BCUT2D eigenvalue weighted by Gasteiger charge is -2.19. The predicted octanol–water partition coefficient (Wildman–Crippen LogP) is 6.05. The Morgan fingerprint density at radius 2 is 2.12 bits per heavy atom. The monoisotopic (exact) mass is 342 g/mol. The van der Waals surface area contributed by atoms with Crippen molar-refractivity contribution in [1.29, 1.82) is 0 Å². The average molecular weight is 343 g/mol. The van der Waals surface area contributed by atoms with Crippen LogP contribution in [-0.4, -0.2) is 23.5 Å². The van der Waals surface area contributed by atoms with Crippen molar-refractivity contribution in [3.05, 3.63) is 77.8 Å². The highest BCUT2D eigenvalue weighted by Crippen LogP contribution is 2.29. The van der Waals surface area contributed by atoms with Crippen LogP contribution in [0.4, 0.5) is 0 Å². The molecule has 0 saturated carbocycles. The third-order valence-electron chi connectivity index (χ3n) is 3.54. The van der Waals surface area contributed by atoms with Crippen LogP contribution in [0, 0.1) is 0 Å². The minimum Gasteiger partial charge on any atom is -0.380 e. The quantitative estimate of drug-likeness (QED) is 0.507. The summed E-state index contributed by atoms with van der Waals surface area (Å²) in [5.41, 5.74) is 4.15. The first-order valence-electron chi connectivity index (χ1n) is 8.19. The van der Waals surface area contributed by atoms with Crippen molar-refractivity contribution in [2.75, 3.05) is 13.6 Å². The fraction of sp³-hybridized carbons (Fsp3) is 0.286. The van der Waals surface area contributed by atoms with Crippen molar-refractivity contribution in [3.63, 3.8) is 0 Å². The number of hydrogen-bond donors (Lipinski definition) is 0. The first kappa shape index (κ1) is 20.0. The van der Waals surface area contributed by atoms with Gasteiger partial charge in [0.1, 0.15) is 0 Å². The molecule has 1 rings (SSSR count). The van der Waals surface area contributed by atoms with E-state index in [4.69, 9.17) is 11.6 Å². The van der Waals surface area contributed by atoms with E-state index in [9.17, 15) is 0 Å². The van der Waals surface area contributed by atoms with Crippen molar-refractivity contribution in [2.45, 2.75) is 26.7 Å². The van der Waals surface area contributed by atoms with Gasteiger partial charge in [-0.05, 0) is 36.6 Å². The summed E-state index contributed by atoms with van der Waals surface area (Å²) in [6.45, 7) is 12.8. The molecule has 0 fully saturated rings. The Bertz CT molecular complexity index is 650. The number of unbranched alkanes of at least 4 members (excludes halogenated alkanes) is 1. The van der Waals surface area contributed by atoms with Gasteiger partial charge in [-0.15, -0.1) is 0 Å². The summed E-state index contributed by atoms with van der Waals surface area (Å²) in [5, 5.41) is 0.722. The first-order valence-corrected chi connectivity index (χ1v) is 8.57. The lowest BCUT2D eigenvalue weighted by Crippen LogP contribution is -2.13. The summed E-state index contributed by atoms with van der Waals surface area (Å²) in [5.74, 6) is 0. The molecule has 3 heteroatoms. The number of nitrogens with zero attached hydrogens (tertiary/aromatic N) is 2. The molecule has 0 atom stereocenters. The Balaban J connectivity index is 3.48. The molecule has 0 N–H and O–H groups in total. The van der Waals surface area contributed by atoms with Crippen molar-refractivity contribution in [1.82, 2.24) is 9.88 Å². The van der Waals surface area contributed by atoms with Crippen LogP contribution < -0.4 is 0 Å². The van der Waals surface area contributed by atoms with Gasteiger partial charge in [-0.1, -0.05) is 56.3 Å². The molecule has 2 nitrogen and oxygen atoms in total. The third kappa shape index (κ3) is 6.21. The summed E-state index contributed by atoms with van der Waals surface area (Å²) in [6, 6.07) is 2.00. The van der Waals surface area contributed by atoms with Crippen molar-refractivity contribution in [2.24, 2.45) is 0 Å². The van der Waals surface area contributed by atoms with Gasteiger partial charge in [-0.3, -0.25) is 4.98 Å². The minimum absolute atomic E-state index is 0.722. The second-order valence-electron chi connectivity index (χ2n) is 5.63. The van der Waals surface area contributed by atoms with E-state index in [0.29, 0.717) is 0 Å². The first-order chi connectivity index (χ1) is 11.5. The summed E-state index contributed by atoms with van der Waals surface area (Å²) in [7, 11) is 2.09. The zero-order chi connectivity index (χ0) is 17.9. The van der Waals surface area contributed by atoms with Crippen LogP contribution >= 0.6 is 11.6 Å². The largest absolute Gasteiger partial charge is 0.380 e. The molecule has 0 aliphatic carbocycles.